The lowest BCUT2D eigenvalue weighted by molar-refractivity contribution is -0.131. The molecule has 0 unspecified atom stereocenters. The lowest BCUT2D eigenvalue weighted by Crippen LogP contribution is -2.60. The molecule has 4 aliphatic carbocycles. The normalized spacial score (nSPS) is 33.8. The number of carbonyl (C=O) groups excluding carboxylic acids is 1. The zero-order valence-electron chi connectivity index (χ0n) is 14.3. The van der Waals surface area contributed by atoms with E-state index in [0.29, 0.717) is 0 Å². The Morgan fingerprint density at radius 2 is 1.75 bits per heavy atom. The molecule has 4 aliphatic rings. The molecule has 1 aromatic rings. The molecule has 4 bridgehead atoms. The molecule has 0 heterocycles. The highest BCUT2D eigenvalue weighted by molar-refractivity contribution is 5.80. The van der Waals surface area contributed by atoms with Crippen molar-refractivity contribution in [2.24, 2.45) is 22.9 Å². The monoisotopic (exact) mass is 326 g/mol. The first-order valence-electron chi connectivity index (χ1n) is 9.13. The molecular weight excluding hydrogens is 300 g/mol. The van der Waals surface area contributed by atoms with E-state index in [9.17, 15) is 4.79 Å². The van der Waals surface area contributed by atoms with Gasteiger partial charge in [-0.05, 0) is 68.8 Å². The molecule has 0 saturated heterocycles. The van der Waals surface area contributed by atoms with Crippen molar-refractivity contribution in [1.82, 2.24) is 5.32 Å². The molecule has 4 fully saturated rings. The van der Waals surface area contributed by atoms with Crippen LogP contribution in [0, 0.1) is 24.7 Å². The summed E-state index contributed by atoms with van der Waals surface area (Å²) in [7, 11) is 0. The molecule has 4 saturated carbocycles. The van der Waals surface area contributed by atoms with Gasteiger partial charge < -0.3 is 10.2 Å². The minimum absolute atomic E-state index is 0.00408. The zero-order valence-corrected chi connectivity index (χ0v) is 14.3. The smallest absolute Gasteiger partial charge is 0.261 e. The first-order chi connectivity index (χ1) is 11.6. The van der Waals surface area contributed by atoms with Gasteiger partial charge >= 0.3 is 0 Å². The number of hydrogen-bond acceptors (Lipinski definition) is 3. The number of hydrogen-bond donors (Lipinski definition) is 1. The molecule has 128 valence electrons. The van der Waals surface area contributed by atoms with Gasteiger partial charge in [0.05, 0.1) is 6.21 Å². The van der Waals surface area contributed by atoms with Gasteiger partial charge in [0.2, 0.25) is 0 Å². The Hall–Kier alpha value is -1.84. The van der Waals surface area contributed by atoms with Crippen molar-refractivity contribution < 1.29 is 9.63 Å². The third kappa shape index (κ3) is 3.33. The summed E-state index contributed by atoms with van der Waals surface area (Å²) in [6, 6.07) is 8.03. The molecule has 0 aromatic heterocycles. The van der Waals surface area contributed by atoms with E-state index in [0.717, 1.165) is 23.3 Å². The molecule has 0 atom stereocenters. The van der Waals surface area contributed by atoms with Gasteiger partial charge in [0.25, 0.3) is 5.91 Å². The molecular formula is C20H26N2O2. The number of nitrogens with zero attached hydrogens (tertiary/aromatic N) is 1. The first-order valence-corrected chi connectivity index (χ1v) is 9.13. The molecule has 24 heavy (non-hydrogen) atoms. The Kier molecular flexibility index (Phi) is 4.07. The van der Waals surface area contributed by atoms with E-state index in [4.69, 9.17) is 4.84 Å². The van der Waals surface area contributed by atoms with E-state index >= 15 is 0 Å². The fourth-order valence-electron chi connectivity index (χ4n) is 5.44. The second kappa shape index (κ2) is 6.23. The van der Waals surface area contributed by atoms with Gasteiger partial charge in [0.15, 0.2) is 6.61 Å². The molecule has 4 heteroatoms. The summed E-state index contributed by atoms with van der Waals surface area (Å²) in [5, 5.41) is 7.21. The van der Waals surface area contributed by atoms with Gasteiger partial charge in [-0.1, -0.05) is 35.0 Å². The summed E-state index contributed by atoms with van der Waals surface area (Å²) in [5.74, 6) is 2.46. The van der Waals surface area contributed by atoms with Crippen LogP contribution in [-0.4, -0.2) is 24.3 Å². The Morgan fingerprint density at radius 3 is 2.33 bits per heavy atom. The molecule has 1 amide bonds. The highest BCUT2D eigenvalue weighted by Gasteiger charge is 2.51. The molecule has 0 radical (unpaired) electrons. The van der Waals surface area contributed by atoms with Crippen molar-refractivity contribution in [2.75, 3.05) is 6.61 Å². The van der Waals surface area contributed by atoms with Crippen LogP contribution in [0.4, 0.5) is 0 Å². The average molecular weight is 326 g/mol. The summed E-state index contributed by atoms with van der Waals surface area (Å²) in [4.78, 5) is 17.5. The topological polar surface area (TPSA) is 50.7 Å². The molecule has 5 rings (SSSR count). The average Bonchev–Trinajstić information content (AvgIpc) is 2.51. The summed E-state index contributed by atoms with van der Waals surface area (Å²) < 4.78 is 0. The van der Waals surface area contributed by atoms with Crippen LogP contribution in [0.1, 0.15) is 49.7 Å². The van der Waals surface area contributed by atoms with Crippen LogP contribution in [0.15, 0.2) is 29.4 Å². The summed E-state index contributed by atoms with van der Waals surface area (Å²) in [6.07, 6.45) is 9.29. The minimum Gasteiger partial charge on any atom is -0.386 e. The standard InChI is InChI=1S/C20H26N2O2/c1-14-2-4-15(5-3-14)12-21-24-13-19(23)22-20-9-16-6-17(10-20)8-18(7-16)11-20/h2-5,12,16-18H,6-11,13H2,1H3,(H,22,23)/b21-12-. The van der Waals surface area contributed by atoms with Gasteiger partial charge in [-0.2, -0.15) is 0 Å². The van der Waals surface area contributed by atoms with Gasteiger partial charge in [0, 0.05) is 5.54 Å². The number of amides is 1. The maximum Gasteiger partial charge on any atom is 0.261 e. The van der Waals surface area contributed by atoms with Crippen LogP contribution in [0.3, 0.4) is 0 Å². The van der Waals surface area contributed by atoms with Gasteiger partial charge in [-0.3, -0.25) is 4.79 Å². The van der Waals surface area contributed by atoms with Crippen molar-refractivity contribution in [3.05, 3.63) is 35.4 Å². The number of oxime groups is 1. The molecule has 1 N–H and O–H groups in total. The highest BCUT2D eigenvalue weighted by Crippen LogP contribution is 2.55. The zero-order chi connectivity index (χ0) is 16.6. The Morgan fingerprint density at radius 1 is 1.17 bits per heavy atom. The SMILES string of the molecule is Cc1ccc(/C=N\OCC(=O)NC23CC4CC(CC(C4)C2)C3)cc1. The van der Waals surface area contributed by atoms with Crippen LogP contribution in [0.2, 0.25) is 0 Å². The van der Waals surface area contributed by atoms with Gasteiger partial charge in [0.1, 0.15) is 0 Å². The third-order valence-electron chi connectivity index (χ3n) is 5.99. The van der Waals surface area contributed by atoms with Crippen LogP contribution in [-0.2, 0) is 9.63 Å². The van der Waals surface area contributed by atoms with Crippen LogP contribution in [0.5, 0.6) is 0 Å². The Labute approximate surface area is 143 Å². The fourth-order valence-corrected chi connectivity index (χ4v) is 5.44. The van der Waals surface area contributed by atoms with E-state index in [1.807, 2.05) is 31.2 Å². The van der Waals surface area contributed by atoms with Crippen molar-refractivity contribution in [3.8, 4) is 0 Å². The second-order valence-electron chi connectivity index (χ2n) is 8.16. The van der Waals surface area contributed by atoms with Gasteiger partial charge in [-0.25, -0.2) is 0 Å². The molecule has 0 spiro atoms. The maximum absolute atomic E-state index is 12.3. The van der Waals surface area contributed by atoms with Crippen LogP contribution >= 0.6 is 0 Å². The van der Waals surface area contributed by atoms with Crippen molar-refractivity contribution in [2.45, 2.75) is 51.0 Å². The quantitative estimate of drug-likeness (QED) is 0.666. The van der Waals surface area contributed by atoms with Crippen molar-refractivity contribution in [1.29, 1.82) is 0 Å². The van der Waals surface area contributed by atoms with E-state index in [-0.39, 0.29) is 18.1 Å². The predicted molar refractivity (Wildman–Crippen MR) is 93.8 cm³/mol. The molecule has 0 aliphatic heterocycles. The Balaban J connectivity index is 1.27. The number of nitrogens with one attached hydrogen (secondary N) is 1. The Bertz CT molecular complexity index is 600. The van der Waals surface area contributed by atoms with Crippen LogP contribution < -0.4 is 5.32 Å². The minimum atomic E-state index is -0.0296. The summed E-state index contributed by atoms with van der Waals surface area (Å²) >= 11 is 0. The van der Waals surface area contributed by atoms with E-state index < -0.39 is 0 Å². The predicted octanol–water partition coefficient (Wildman–Crippen LogP) is 3.43. The van der Waals surface area contributed by atoms with Gasteiger partial charge in [-0.15, -0.1) is 0 Å². The van der Waals surface area contributed by atoms with Crippen molar-refractivity contribution in [3.63, 3.8) is 0 Å². The fraction of sp³-hybridized carbons (Fsp3) is 0.600. The van der Waals surface area contributed by atoms with Crippen LogP contribution in [0.25, 0.3) is 0 Å². The van der Waals surface area contributed by atoms with E-state index in [2.05, 4.69) is 10.5 Å². The lowest BCUT2D eigenvalue weighted by atomic mass is 9.53. The summed E-state index contributed by atoms with van der Waals surface area (Å²) in [5.41, 5.74) is 2.24. The van der Waals surface area contributed by atoms with Crippen molar-refractivity contribution >= 4 is 12.1 Å². The lowest BCUT2D eigenvalue weighted by Gasteiger charge is -2.56. The highest BCUT2D eigenvalue weighted by atomic mass is 16.6. The summed E-state index contributed by atoms with van der Waals surface area (Å²) in [6.45, 7) is 2.05. The van der Waals surface area contributed by atoms with E-state index in [1.165, 1.54) is 44.1 Å². The number of carbonyl (C=O) groups is 1. The third-order valence-corrected chi connectivity index (χ3v) is 5.99. The second-order valence-corrected chi connectivity index (χ2v) is 8.16. The number of benzene rings is 1. The maximum atomic E-state index is 12.3. The first kappa shape index (κ1) is 15.7. The molecule has 1 aromatic carbocycles. The van der Waals surface area contributed by atoms with E-state index in [1.54, 1.807) is 6.21 Å². The molecule has 4 nitrogen and oxygen atoms in total. The number of rotatable bonds is 5. The number of aryl methyl sites for hydroxylation is 1. The largest absolute Gasteiger partial charge is 0.386 e.